The summed E-state index contributed by atoms with van der Waals surface area (Å²) in [6.07, 6.45) is 5.25. The van der Waals surface area contributed by atoms with Gasteiger partial charge in [-0.1, -0.05) is 35.7 Å². The third kappa shape index (κ3) is 2.81. The molecule has 0 spiro atoms. The summed E-state index contributed by atoms with van der Waals surface area (Å²) in [7, 11) is 2.96. The maximum Gasteiger partial charge on any atom is 0.332 e. The average molecular weight is 359 g/mol. The Morgan fingerprint density at radius 3 is 2.64 bits per heavy atom. The van der Waals surface area contributed by atoms with Gasteiger partial charge in [-0.2, -0.15) is 4.98 Å². The minimum atomic E-state index is -0.469. The van der Waals surface area contributed by atoms with Crippen LogP contribution in [-0.2, 0) is 20.6 Å². The lowest BCUT2D eigenvalue weighted by atomic mass is 10.2. The largest absolute Gasteiger partial charge is 0.451 e. The summed E-state index contributed by atoms with van der Waals surface area (Å²) in [6.45, 7) is 0.240. The van der Waals surface area contributed by atoms with Crippen LogP contribution in [0.4, 0.5) is 0 Å². The van der Waals surface area contributed by atoms with E-state index in [4.69, 9.17) is 22.8 Å². The number of halogens is 1. The predicted octanol–water partition coefficient (Wildman–Crippen LogP) is 1.15. The van der Waals surface area contributed by atoms with E-state index in [9.17, 15) is 9.59 Å². The number of aryl methyl sites for hydroxylation is 1. The second-order valence-corrected chi connectivity index (χ2v) is 5.85. The van der Waals surface area contributed by atoms with Crippen molar-refractivity contribution in [1.82, 2.24) is 18.7 Å². The SMILES string of the molecule is C#CCOc1nc2c(c(=O)n(C)c(=O)n2C)n1Cc1ccccc1Cl. The molecule has 3 rings (SSSR count). The standard InChI is InChI=1S/C17H15ClN4O3/c1-4-9-25-16-19-14-13(15(23)21(3)17(24)20(14)2)22(16)10-11-7-5-6-8-12(11)18/h1,5-8H,9-10H2,2-3H3. The first-order chi connectivity index (χ1) is 12.0. The minimum Gasteiger partial charge on any atom is -0.451 e. The fourth-order valence-electron chi connectivity index (χ4n) is 2.59. The summed E-state index contributed by atoms with van der Waals surface area (Å²) in [6, 6.07) is 7.41. The Hall–Kier alpha value is -2.98. The lowest BCUT2D eigenvalue weighted by Gasteiger charge is -2.10. The van der Waals surface area contributed by atoms with Crippen LogP contribution in [0.25, 0.3) is 11.2 Å². The highest BCUT2D eigenvalue weighted by atomic mass is 35.5. The molecule has 3 aromatic rings. The number of benzene rings is 1. The molecule has 0 fully saturated rings. The van der Waals surface area contributed by atoms with Crippen LogP contribution in [0.5, 0.6) is 6.01 Å². The molecule has 2 heterocycles. The van der Waals surface area contributed by atoms with Gasteiger partial charge in [0, 0.05) is 19.1 Å². The Morgan fingerprint density at radius 1 is 1.24 bits per heavy atom. The molecular weight excluding hydrogens is 344 g/mol. The Labute approximate surface area is 148 Å². The van der Waals surface area contributed by atoms with Gasteiger partial charge in [0.1, 0.15) is 0 Å². The van der Waals surface area contributed by atoms with E-state index in [2.05, 4.69) is 10.9 Å². The molecule has 0 N–H and O–H groups in total. The zero-order valence-corrected chi connectivity index (χ0v) is 14.4. The van der Waals surface area contributed by atoms with Gasteiger partial charge in [0.25, 0.3) is 11.6 Å². The van der Waals surface area contributed by atoms with E-state index in [0.29, 0.717) is 5.02 Å². The van der Waals surface area contributed by atoms with Crippen molar-refractivity contribution >= 4 is 22.8 Å². The van der Waals surface area contributed by atoms with E-state index >= 15 is 0 Å². The van der Waals surface area contributed by atoms with Gasteiger partial charge < -0.3 is 4.74 Å². The highest BCUT2D eigenvalue weighted by Crippen LogP contribution is 2.23. The number of nitrogens with zero attached hydrogens (tertiary/aromatic N) is 4. The van der Waals surface area contributed by atoms with Crippen molar-refractivity contribution in [2.75, 3.05) is 6.61 Å². The maximum atomic E-state index is 12.6. The second-order valence-electron chi connectivity index (χ2n) is 5.44. The lowest BCUT2D eigenvalue weighted by molar-refractivity contribution is 0.326. The van der Waals surface area contributed by atoms with Crippen LogP contribution in [0.2, 0.25) is 5.02 Å². The fourth-order valence-corrected chi connectivity index (χ4v) is 2.78. The van der Waals surface area contributed by atoms with Gasteiger partial charge in [-0.25, -0.2) is 4.79 Å². The van der Waals surface area contributed by atoms with E-state index in [1.807, 2.05) is 18.2 Å². The molecule has 0 saturated carbocycles. The molecule has 0 bridgehead atoms. The fraction of sp³-hybridized carbons (Fsp3) is 0.235. The van der Waals surface area contributed by atoms with E-state index in [-0.39, 0.29) is 30.3 Å². The first kappa shape index (κ1) is 16.9. The second kappa shape index (κ2) is 6.49. The van der Waals surface area contributed by atoms with Crippen LogP contribution in [0, 0.1) is 12.3 Å². The molecule has 0 aliphatic carbocycles. The normalized spacial score (nSPS) is 10.8. The van der Waals surface area contributed by atoms with Crippen LogP contribution < -0.4 is 16.0 Å². The molecule has 2 aromatic heterocycles. The topological polar surface area (TPSA) is 71.1 Å². The number of hydrogen-bond acceptors (Lipinski definition) is 4. The van der Waals surface area contributed by atoms with Crippen LogP contribution in [0.3, 0.4) is 0 Å². The molecule has 0 unspecified atom stereocenters. The van der Waals surface area contributed by atoms with Crippen LogP contribution >= 0.6 is 11.6 Å². The van der Waals surface area contributed by atoms with Gasteiger partial charge in [-0.05, 0) is 11.6 Å². The number of imidazole rings is 1. The molecule has 128 valence electrons. The van der Waals surface area contributed by atoms with Gasteiger partial charge >= 0.3 is 5.69 Å². The summed E-state index contributed by atoms with van der Waals surface area (Å²) in [5.74, 6) is 2.36. The van der Waals surface area contributed by atoms with Gasteiger partial charge in [0.2, 0.25) is 0 Å². The third-order valence-corrected chi connectivity index (χ3v) is 4.25. The van der Waals surface area contributed by atoms with E-state index < -0.39 is 11.2 Å². The first-order valence-electron chi connectivity index (χ1n) is 7.41. The van der Waals surface area contributed by atoms with E-state index in [0.717, 1.165) is 10.1 Å². The molecule has 0 saturated heterocycles. The number of rotatable bonds is 4. The number of terminal acetylenes is 1. The molecule has 8 heteroatoms. The van der Waals surface area contributed by atoms with Crippen molar-refractivity contribution in [2.24, 2.45) is 14.1 Å². The Kier molecular flexibility index (Phi) is 4.38. The number of aromatic nitrogens is 4. The number of hydrogen-bond donors (Lipinski definition) is 0. The van der Waals surface area contributed by atoms with Gasteiger partial charge in [0.15, 0.2) is 17.8 Å². The average Bonchev–Trinajstić information content (AvgIpc) is 2.96. The highest BCUT2D eigenvalue weighted by molar-refractivity contribution is 6.31. The molecule has 7 nitrogen and oxygen atoms in total. The van der Waals surface area contributed by atoms with Crippen molar-refractivity contribution in [3.8, 4) is 18.4 Å². The smallest absolute Gasteiger partial charge is 0.332 e. The number of fused-ring (bicyclic) bond motifs is 1. The molecule has 0 aliphatic rings. The Bertz CT molecular complexity index is 1120. The van der Waals surface area contributed by atoms with E-state index in [1.54, 1.807) is 17.7 Å². The molecule has 0 radical (unpaired) electrons. The van der Waals surface area contributed by atoms with Crippen molar-refractivity contribution in [3.05, 3.63) is 55.7 Å². The number of ether oxygens (including phenoxy) is 1. The molecule has 1 aromatic carbocycles. The maximum absolute atomic E-state index is 12.6. The Balaban J connectivity index is 2.31. The van der Waals surface area contributed by atoms with Crippen LogP contribution in [-0.4, -0.2) is 25.3 Å². The third-order valence-electron chi connectivity index (χ3n) is 3.88. The zero-order valence-electron chi connectivity index (χ0n) is 13.7. The van der Waals surface area contributed by atoms with Gasteiger partial charge in [-0.15, -0.1) is 6.42 Å². The van der Waals surface area contributed by atoms with Gasteiger partial charge in [-0.3, -0.25) is 18.5 Å². The van der Waals surface area contributed by atoms with Crippen molar-refractivity contribution < 1.29 is 4.74 Å². The molecule has 25 heavy (non-hydrogen) atoms. The monoisotopic (exact) mass is 358 g/mol. The molecule has 0 aliphatic heterocycles. The van der Waals surface area contributed by atoms with Crippen molar-refractivity contribution in [2.45, 2.75) is 6.54 Å². The summed E-state index contributed by atoms with van der Waals surface area (Å²) in [5, 5.41) is 0.550. The Morgan fingerprint density at radius 2 is 1.96 bits per heavy atom. The molecule has 0 amide bonds. The van der Waals surface area contributed by atoms with Crippen LogP contribution in [0.1, 0.15) is 5.56 Å². The van der Waals surface area contributed by atoms with Gasteiger partial charge in [0.05, 0.1) is 6.54 Å². The summed E-state index contributed by atoms with van der Waals surface area (Å²) in [5.41, 5.74) is 0.324. The quantitative estimate of drug-likeness (QED) is 0.656. The summed E-state index contributed by atoms with van der Waals surface area (Å²) < 4.78 is 9.38. The van der Waals surface area contributed by atoms with Crippen molar-refractivity contribution in [1.29, 1.82) is 0 Å². The summed E-state index contributed by atoms with van der Waals surface area (Å²) in [4.78, 5) is 29.1. The highest BCUT2D eigenvalue weighted by Gasteiger charge is 2.20. The first-order valence-corrected chi connectivity index (χ1v) is 7.79. The minimum absolute atomic E-state index is 0.0138. The van der Waals surface area contributed by atoms with E-state index in [1.165, 1.54) is 11.6 Å². The lowest BCUT2D eigenvalue weighted by Crippen LogP contribution is -2.37. The van der Waals surface area contributed by atoms with Crippen LogP contribution in [0.15, 0.2) is 33.9 Å². The predicted molar refractivity (Wildman–Crippen MR) is 95.1 cm³/mol. The zero-order chi connectivity index (χ0) is 18.1. The molecule has 0 atom stereocenters. The van der Waals surface area contributed by atoms with Crippen molar-refractivity contribution in [3.63, 3.8) is 0 Å². The summed E-state index contributed by atoms with van der Waals surface area (Å²) >= 11 is 6.23. The molecular formula is C17H15ClN4O3.